The van der Waals surface area contributed by atoms with E-state index in [9.17, 15) is 9.13 Å². The summed E-state index contributed by atoms with van der Waals surface area (Å²) in [5.41, 5.74) is 0. The zero-order valence-electron chi connectivity index (χ0n) is 16.2. The van der Waals surface area contributed by atoms with Crippen LogP contribution in [0.3, 0.4) is 0 Å². The molecule has 0 aromatic heterocycles. The Balaban J connectivity index is 3.27. The van der Waals surface area contributed by atoms with Crippen LogP contribution in [0.1, 0.15) is 103 Å². The second-order valence-corrected chi connectivity index (χ2v) is 9.65. The number of phosphoric acid groups is 2. The minimum atomic E-state index is -5.02. The zero-order valence-corrected chi connectivity index (χ0v) is 18.0. The van der Waals surface area contributed by atoms with Gasteiger partial charge in [-0.3, -0.25) is 4.52 Å². The predicted octanol–water partition coefficient (Wildman–Crippen LogP) is 6.08. The van der Waals surface area contributed by atoms with Crippen LogP contribution in [0.25, 0.3) is 0 Å². The van der Waals surface area contributed by atoms with Gasteiger partial charge >= 0.3 is 15.6 Å². The van der Waals surface area contributed by atoms with Crippen molar-refractivity contribution in [1.29, 1.82) is 0 Å². The quantitative estimate of drug-likeness (QED) is 0.173. The van der Waals surface area contributed by atoms with Crippen molar-refractivity contribution in [3.63, 3.8) is 0 Å². The fourth-order valence-electron chi connectivity index (χ4n) is 2.81. The molecule has 0 aliphatic rings. The first-order valence-corrected chi connectivity index (χ1v) is 13.0. The first-order chi connectivity index (χ1) is 12.3. The van der Waals surface area contributed by atoms with Crippen LogP contribution < -0.4 is 0 Å². The second-order valence-electron chi connectivity index (χ2n) is 6.82. The van der Waals surface area contributed by atoms with E-state index in [0.717, 1.165) is 19.3 Å². The molecule has 0 saturated heterocycles. The predicted molar refractivity (Wildman–Crippen MR) is 104 cm³/mol. The molecule has 0 aromatic carbocycles. The van der Waals surface area contributed by atoms with Gasteiger partial charge in [0.05, 0.1) is 6.61 Å². The Labute approximate surface area is 158 Å². The molecule has 0 saturated carbocycles. The first kappa shape index (κ1) is 26.3. The maximum Gasteiger partial charge on any atom is 0.481 e. The number of hydrogen-bond acceptors (Lipinski definition) is 4. The molecular weight excluding hydrogens is 378 g/mol. The van der Waals surface area contributed by atoms with Gasteiger partial charge in [0.25, 0.3) is 0 Å². The molecule has 26 heavy (non-hydrogen) atoms. The molecule has 7 nitrogen and oxygen atoms in total. The molecule has 0 radical (unpaired) electrons. The highest BCUT2D eigenvalue weighted by atomic mass is 31.3. The van der Waals surface area contributed by atoms with Crippen molar-refractivity contribution in [3.05, 3.63) is 0 Å². The minimum Gasteiger partial charge on any atom is -0.302 e. The monoisotopic (exact) mass is 416 g/mol. The van der Waals surface area contributed by atoms with E-state index in [-0.39, 0.29) is 6.61 Å². The Hall–Kier alpha value is 0.260. The molecular formula is C17H38O7P2. The van der Waals surface area contributed by atoms with E-state index < -0.39 is 15.6 Å². The van der Waals surface area contributed by atoms with E-state index in [2.05, 4.69) is 15.8 Å². The summed E-state index contributed by atoms with van der Waals surface area (Å²) in [5.74, 6) is 0. The van der Waals surface area contributed by atoms with E-state index in [1.807, 2.05) is 0 Å². The fraction of sp³-hybridized carbons (Fsp3) is 1.00. The molecule has 0 rings (SSSR count). The largest absolute Gasteiger partial charge is 0.481 e. The molecule has 0 aliphatic heterocycles. The first-order valence-electron chi connectivity index (χ1n) is 10.0. The lowest BCUT2D eigenvalue weighted by Gasteiger charge is -2.12. The lowest BCUT2D eigenvalue weighted by molar-refractivity contribution is 0.176. The molecule has 0 fully saturated rings. The third-order valence-electron chi connectivity index (χ3n) is 4.21. The number of phosphoric ester groups is 1. The maximum atomic E-state index is 11.2. The SMILES string of the molecule is CCCCCCCCCCCCCCCCCOP(=O)(O)OP(=O)(O)O. The smallest absolute Gasteiger partial charge is 0.302 e. The number of hydrogen-bond donors (Lipinski definition) is 3. The van der Waals surface area contributed by atoms with Gasteiger partial charge in [0, 0.05) is 0 Å². The molecule has 9 heteroatoms. The highest BCUT2D eigenvalue weighted by Crippen LogP contribution is 2.57. The summed E-state index contributed by atoms with van der Waals surface area (Å²) in [7, 11) is -9.68. The molecule has 0 heterocycles. The van der Waals surface area contributed by atoms with Gasteiger partial charge < -0.3 is 14.7 Å². The summed E-state index contributed by atoms with van der Waals surface area (Å²) in [6, 6.07) is 0. The Kier molecular flexibility index (Phi) is 16.4. The van der Waals surface area contributed by atoms with Crippen molar-refractivity contribution in [3.8, 4) is 0 Å². The fourth-order valence-corrected chi connectivity index (χ4v) is 4.43. The van der Waals surface area contributed by atoms with Gasteiger partial charge in [0.2, 0.25) is 0 Å². The van der Waals surface area contributed by atoms with Gasteiger partial charge in [-0.1, -0.05) is 96.8 Å². The number of rotatable bonds is 19. The summed E-state index contributed by atoms with van der Waals surface area (Å²) in [6.45, 7) is 2.19. The summed E-state index contributed by atoms with van der Waals surface area (Å²) < 4.78 is 29.9. The van der Waals surface area contributed by atoms with Crippen LogP contribution in [-0.4, -0.2) is 21.3 Å². The molecule has 0 spiro atoms. The van der Waals surface area contributed by atoms with E-state index >= 15 is 0 Å². The van der Waals surface area contributed by atoms with Crippen LogP contribution in [0.15, 0.2) is 0 Å². The summed E-state index contributed by atoms with van der Waals surface area (Å²) in [6.07, 6.45) is 18.2. The normalized spacial score (nSPS) is 14.5. The van der Waals surface area contributed by atoms with Crippen LogP contribution in [0.5, 0.6) is 0 Å². The van der Waals surface area contributed by atoms with Gasteiger partial charge in [0.1, 0.15) is 0 Å². The number of unbranched alkanes of at least 4 members (excludes halogenated alkanes) is 14. The molecule has 0 bridgehead atoms. The highest BCUT2D eigenvalue weighted by Gasteiger charge is 2.31. The van der Waals surface area contributed by atoms with Crippen LogP contribution in [0, 0.1) is 0 Å². The molecule has 3 N–H and O–H groups in total. The lowest BCUT2D eigenvalue weighted by atomic mass is 10.0. The van der Waals surface area contributed by atoms with Crippen molar-refractivity contribution in [2.24, 2.45) is 0 Å². The van der Waals surface area contributed by atoms with Crippen LogP contribution in [-0.2, 0) is 18.0 Å². The van der Waals surface area contributed by atoms with Crippen molar-refractivity contribution >= 4 is 15.6 Å². The minimum absolute atomic E-state index is 0.0496. The van der Waals surface area contributed by atoms with E-state index in [1.54, 1.807) is 0 Å². The highest BCUT2D eigenvalue weighted by molar-refractivity contribution is 7.60. The maximum absolute atomic E-state index is 11.2. The Morgan fingerprint density at radius 1 is 0.615 bits per heavy atom. The summed E-state index contributed by atoms with van der Waals surface area (Å²) in [5, 5.41) is 0. The molecule has 1 unspecified atom stereocenters. The average Bonchev–Trinajstić information content (AvgIpc) is 2.52. The van der Waals surface area contributed by atoms with Crippen molar-refractivity contribution in [1.82, 2.24) is 0 Å². The summed E-state index contributed by atoms with van der Waals surface area (Å²) in [4.78, 5) is 26.0. The standard InChI is InChI=1S/C17H38O7P2/c1-2-3-4-5-6-7-8-9-10-11-12-13-14-15-16-17-23-26(21,22)24-25(18,19)20/h2-17H2,1H3,(H,21,22)(H2,18,19,20). The van der Waals surface area contributed by atoms with Crippen molar-refractivity contribution in [2.75, 3.05) is 6.61 Å². The lowest BCUT2D eigenvalue weighted by Crippen LogP contribution is -1.96. The molecule has 0 amide bonds. The van der Waals surface area contributed by atoms with Crippen LogP contribution in [0.2, 0.25) is 0 Å². The Morgan fingerprint density at radius 3 is 1.31 bits per heavy atom. The van der Waals surface area contributed by atoms with Crippen LogP contribution >= 0.6 is 15.6 Å². The van der Waals surface area contributed by atoms with Gasteiger partial charge in [0.15, 0.2) is 0 Å². The van der Waals surface area contributed by atoms with Crippen molar-refractivity contribution in [2.45, 2.75) is 103 Å². The Morgan fingerprint density at radius 2 is 0.962 bits per heavy atom. The second kappa shape index (κ2) is 16.2. The third kappa shape index (κ3) is 20.6. The van der Waals surface area contributed by atoms with E-state index in [4.69, 9.17) is 14.7 Å². The molecule has 0 aromatic rings. The molecule has 0 aliphatic carbocycles. The van der Waals surface area contributed by atoms with E-state index in [0.29, 0.717) is 6.42 Å². The van der Waals surface area contributed by atoms with E-state index in [1.165, 1.54) is 70.6 Å². The van der Waals surface area contributed by atoms with Gasteiger partial charge in [-0.25, -0.2) is 9.13 Å². The zero-order chi connectivity index (χ0) is 19.7. The molecule has 1 atom stereocenters. The Bertz CT molecular complexity index is 412. The topological polar surface area (TPSA) is 113 Å². The average molecular weight is 416 g/mol. The third-order valence-corrected chi connectivity index (χ3v) is 6.40. The van der Waals surface area contributed by atoms with Crippen LogP contribution in [0.4, 0.5) is 0 Å². The van der Waals surface area contributed by atoms with Crippen molar-refractivity contribution < 1.29 is 32.6 Å². The summed E-state index contributed by atoms with van der Waals surface area (Å²) >= 11 is 0. The van der Waals surface area contributed by atoms with Gasteiger partial charge in [-0.05, 0) is 6.42 Å². The molecule has 158 valence electrons. The van der Waals surface area contributed by atoms with Gasteiger partial charge in [-0.15, -0.1) is 0 Å². The van der Waals surface area contributed by atoms with Gasteiger partial charge in [-0.2, -0.15) is 4.31 Å².